The van der Waals surface area contributed by atoms with Crippen molar-refractivity contribution in [3.63, 3.8) is 0 Å². The van der Waals surface area contributed by atoms with Crippen molar-refractivity contribution in [2.24, 2.45) is 0 Å². The van der Waals surface area contributed by atoms with Crippen molar-refractivity contribution in [1.82, 2.24) is 0 Å². The van der Waals surface area contributed by atoms with Gasteiger partial charge < -0.3 is 18.9 Å². The van der Waals surface area contributed by atoms with E-state index in [1.54, 1.807) is 0 Å². The molecule has 0 aliphatic rings. The van der Waals surface area contributed by atoms with Gasteiger partial charge in [0.2, 0.25) is 0 Å². The third-order valence-electron chi connectivity index (χ3n) is 4.93. The normalized spacial score (nSPS) is 12.6. The molecular formula is C27H40O4. The molecule has 4 heteroatoms. The molecule has 2 rings (SSSR count). The zero-order valence-electron chi connectivity index (χ0n) is 20.6. The van der Waals surface area contributed by atoms with E-state index in [1.165, 1.54) is 11.1 Å². The van der Waals surface area contributed by atoms with Crippen LogP contribution in [0.1, 0.15) is 66.5 Å². The van der Waals surface area contributed by atoms with Gasteiger partial charge in [0.15, 0.2) is 0 Å². The summed E-state index contributed by atoms with van der Waals surface area (Å²) in [6.45, 7) is 19.0. The lowest BCUT2D eigenvalue weighted by Gasteiger charge is -2.26. The molecule has 4 nitrogen and oxygen atoms in total. The van der Waals surface area contributed by atoms with Gasteiger partial charge in [0.25, 0.3) is 0 Å². The summed E-state index contributed by atoms with van der Waals surface area (Å²) in [7, 11) is 0. The third kappa shape index (κ3) is 8.92. The van der Waals surface area contributed by atoms with Gasteiger partial charge in [-0.2, -0.15) is 0 Å². The fourth-order valence-electron chi connectivity index (χ4n) is 3.12. The Morgan fingerprint density at radius 2 is 0.806 bits per heavy atom. The van der Waals surface area contributed by atoms with Crippen LogP contribution < -0.4 is 9.47 Å². The smallest absolute Gasteiger partial charge is 0.119 e. The molecule has 0 atom stereocenters. The van der Waals surface area contributed by atoms with Gasteiger partial charge in [0, 0.05) is 5.41 Å². The van der Waals surface area contributed by atoms with E-state index in [2.05, 4.69) is 38.1 Å². The second-order valence-electron chi connectivity index (χ2n) is 10.3. The van der Waals surface area contributed by atoms with Crippen molar-refractivity contribution >= 4 is 0 Å². The van der Waals surface area contributed by atoms with Crippen LogP contribution in [0, 0.1) is 0 Å². The van der Waals surface area contributed by atoms with Crippen LogP contribution >= 0.6 is 0 Å². The monoisotopic (exact) mass is 428 g/mol. The number of ether oxygens (including phenoxy) is 4. The van der Waals surface area contributed by atoms with Gasteiger partial charge in [0.05, 0.1) is 24.4 Å². The van der Waals surface area contributed by atoms with Crippen LogP contribution in [0.2, 0.25) is 0 Å². The van der Waals surface area contributed by atoms with E-state index in [1.807, 2.05) is 65.8 Å². The lowest BCUT2D eigenvalue weighted by molar-refractivity contribution is -0.0165. The first kappa shape index (κ1) is 25.2. The third-order valence-corrected chi connectivity index (χ3v) is 4.93. The van der Waals surface area contributed by atoms with E-state index >= 15 is 0 Å². The molecule has 0 fully saturated rings. The van der Waals surface area contributed by atoms with Gasteiger partial charge in [-0.15, -0.1) is 0 Å². The van der Waals surface area contributed by atoms with E-state index in [4.69, 9.17) is 18.9 Å². The van der Waals surface area contributed by atoms with Crippen molar-refractivity contribution < 1.29 is 18.9 Å². The van der Waals surface area contributed by atoms with Crippen LogP contribution in [0.15, 0.2) is 48.5 Å². The van der Waals surface area contributed by atoms with E-state index in [9.17, 15) is 0 Å². The lowest BCUT2D eigenvalue weighted by Crippen LogP contribution is -2.22. The summed E-state index contributed by atoms with van der Waals surface area (Å²) < 4.78 is 23.0. The molecule has 0 amide bonds. The molecule has 0 N–H and O–H groups in total. The van der Waals surface area contributed by atoms with Crippen molar-refractivity contribution in [3.8, 4) is 11.5 Å². The number of rotatable bonds is 10. The van der Waals surface area contributed by atoms with Crippen LogP contribution in [-0.4, -0.2) is 37.6 Å². The van der Waals surface area contributed by atoms with E-state index < -0.39 is 0 Å². The summed E-state index contributed by atoms with van der Waals surface area (Å²) in [6.07, 6.45) is 0. The molecule has 0 heterocycles. The fourth-order valence-corrected chi connectivity index (χ4v) is 3.12. The Bertz CT molecular complexity index is 710. The Labute approximate surface area is 188 Å². The highest BCUT2D eigenvalue weighted by Gasteiger charge is 2.23. The lowest BCUT2D eigenvalue weighted by atomic mass is 9.78. The molecule has 0 aliphatic carbocycles. The summed E-state index contributed by atoms with van der Waals surface area (Å²) in [6, 6.07) is 16.6. The minimum absolute atomic E-state index is 0.123. The average Bonchev–Trinajstić information content (AvgIpc) is 2.68. The molecule has 172 valence electrons. The van der Waals surface area contributed by atoms with Crippen LogP contribution in [0.3, 0.4) is 0 Å². The van der Waals surface area contributed by atoms with Crippen LogP contribution in [0.25, 0.3) is 0 Å². The topological polar surface area (TPSA) is 36.9 Å². The summed E-state index contributed by atoms with van der Waals surface area (Å²) in [4.78, 5) is 0. The highest BCUT2D eigenvalue weighted by molar-refractivity contribution is 5.41. The molecule has 0 saturated carbocycles. The molecule has 0 spiro atoms. The quantitative estimate of drug-likeness (QED) is 0.410. The predicted octanol–water partition coefficient (Wildman–Crippen LogP) is 6.40. The highest BCUT2D eigenvalue weighted by atomic mass is 16.5. The number of benzene rings is 2. The molecular weight excluding hydrogens is 388 g/mol. The largest absolute Gasteiger partial charge is 0.491 e. The Morgan fingerprint density at radius 1 is 0.484 bits per heavy atom. The Morgan fingerprint density at radius 3 is 1.10 bits per heavy atom. The minimum Gasteiger partial charge on any atom is -0.491 e. The van der Waals surface area contributed by atoms with Crippen LogP contribution in [0.5, 0.6) is 11.5 Å². The highest BCUT2D eigenvalue weighted by Crippen LogP contribution is 2.33. The van der Waals surface area contributed by atoms with Crippen molar-refractivity contribution in [3.05, 3.63) is 59.7 Å². The molecule has 0 saturated heterocycles. The maximum atomic E-state index is 5.81. The summed E-state index contributed by atoms with van der Waals surface area (Å²) >= 11 is 0. The van der Waals surface area contributed by atoms with Gasteiger partial charge in [-0.1, -0.05) is 38.1 Å². The summed E-state index contributed by atoms with van der Waals surface area (Å²) in [5, 5.41) is 0. The van der Waals surface area contributed by atoms with Gasteiger partial charge >= 0.3 is 0 Å². The van der Waals surface area contributed by atoms with Crippen molar-refractivity contribution in [2.75, 3.05) is 26.4 Å². The summed E-state index contributed by atoms with van der Waals surface area (Å²) in [5.41, 5.74) is 2.06. The second-order valence-corrected chi connectivity index (χ2v) is 10.3. The number of hydrogen-bond donors (Lipinski definition) is 0. The molecule has 31 heavy (non-hydrogen) atoms. The Hall–Kier alpha value is -2.04. The van der Waals surface area contributed by atoms with E-state index in [0.29, 0.717) is 26.4 Å². The number of hydrogen-bond acceptors (Lipinski definition) is 4. The van der Waals surface area contributed by atoms with Crippen LogP contribution in [-0.2, 0) is 14.9 Å². The fraction of sp³-hybridized carbons (Fsp3) is 0.556. The zero-order chi connectivity index (χ0) is 23.1. The average molecular weight is 429 g/mol. The van der Waals surface area contributed by atoms with Gasteiger partial charge in [0.1, 0.15) is 24.7 Å². The van der Waals surface area contributed by atoms with Crippen molar-refractivity contribution in [2.45, 2.75) is 72.0 Å². The van der Waals surface area contributed by atoms with Crippen LogP contribution in [0.4, 0.5) is 0 Å². The summed E-state index contributed by atoms with van der Waals surface area (Å²) in [5.74, 6) is 1.72. The van der Waals surface area contributed by atoms with E-state index in [0.717, 1.165) is 11.5 Å². The first-order chi connectivity index (χ1) is 14.4. The van der Waals surface area contributed by atoms with Crippen molar-refractivity contribution in [1.29, 1.82) is 0 Å². The molecule has 0 aliphatic heterocycles. The van der Waals surface area contributed by atoms with E-state index in [-0.39, 0.29) is 16.6 Å². The first-order valence-electron chi connectivity index (χ1n) is 11.1. The van der Waals surface area contributed by atoms with Gasteiger partial charge in [-0.05, 0) is 76.9 Å². The SMILES string of the molecule is CC(C)(C)OCCOc1ccc(C(C)(C)c2ccc(OCCOC(C)(C)C)cc2)cc1. The first-order valence-corrected chi connectivity index (χ1v) is 11.1. The Kier molecular flexibility index (Phi) is 8.56. The molecule has 0 unspecified atom stereocenters. The predicted molar refractivity (Wildman–Crippen MR) is 127 cm³/mol. The Balaban J connectivity index is 1.90. The molecule has 0 bridgehead atoms. The van der Waals surface area contributed by atoms with Gasteiger partial charge in [-0.3, -0.25) is 0 Å². The molecule has 0 aromatic heterocycles. The zero-order valence-corrected chi connectivity index (χ0v) is 20.6. The minimum atomic E-state index is -0.141. The standard InChI is InChI=1S/C27H40O4/c1-25(2,3)30-19-17-28-23-13-9-21(10-14-23)27(7,8)22-11-15-24(16-12-22)29-18-20-31-26(4,5)6/h9-16H,17-20H2,1-8H3. The molecule has 0 radical (unpaired) electrons. The maximum Gasteiger partial charge on any atom is 0.119 e. The molecule has 2 aromatic rings. The second kappa shape index (κ2) is 10.5. The molecule has 2 aromatic carbocycles. The van der Waals surface area contributed by atoms with Gasteiger partial charge in [-0.25, -0.2) is 0 Å². The maximum absolute atomic E-state index is 5.81.